The van der Waals surface area contributed by atoms with Crippen LogP contribution < -0.4 is 10.1 Å². The van der Waals surface area contributed by atoms with Gasteiger partial charge in [-0.25, -0.2) is 0 Å². The van der Waals surface area contributed by atoms with Crippen LogP contribution in [-0.2, 0) is 11.2 Å². The van der Waals surface area contributed by atoms with Gasteiger partial charge in [-0.15, -0.1) is 0 Å². The maximum absolute atomic E-state index is 11.9. The minimum atomic E-state index is -0.881. The third kappa shape index (κ3) is 4.87. The molecule has 1 amide bonds. The van der Waals surface area contributed by atoms with Gasteiger partial charge in [-0.1, -0.05) is 34.4 Å². The molecule has 0 saturated heterocycles. The number of nitrogens with one attached hydrogen (secondary N) is 1. The summed E-state index contributed by atoms with van der Waals surface area (Å²) in [6.45, 7) is 3.56. The van der Waals surface area contributed by atoms with Gasteiger partial charge in [0.1, 0.15) is 29.2 Å². The van der Waals surface area contributed by atoms with Crippen molar-refractivity contribution in [2.24, 2.45) is 0 Å². The number of halogens is 2. The summed E-state index contributed by atoms with van der Waals surface area (Å²) in [6, 6.07) is 4.99. The summed E-state index contributed by atoms with van der Waals surface area (Å²) in [5.41, 5.74) is 1.44. The number of benzene rings is 1. The lowest BCUT2D eigenvalue weighted by Crippen LogP contribution is -2.36. The third-order valence-corrected chi connectivity index (χ3v) is 4.20. The maximum Gasteiger partial charge on any atom is 0.224 e. The Labute approximate surface area is 149 Å². The number of aliphatic hydroxyl groups is 1. The van der Waals surface area contributed by atoms with Gasteiger partial charge in [0.2, 0.25) is 5.91 Å². The minimum absolute atomic E-state index is 0.0222. The first kappa shape index (κ1) is 18.6. The molecular formula is C16H18Cl2N2O4. The lowest BCUT2D eigenvalue weighted by atomic mass is 10.1. The summed E-state index contributed by atoms with van der Waals surface area (Å²) in [5.74, 6) is 0.761. The van der Waals surface area contributed by atoms with Crippen LogP contribution in [0, 0.1) is 13.8 Å². The number of aryl methyl sites for hydroxylation is 2. The first-order valence-corrected chi connectivity index (χ1v) is 8.07. The topological polar surface area (TPSA) is 84.6 Å². The van der Waals surface area contributed by atoms with Crippen molar-refractivity contribution < 1.29 is 19.2 Å². The van der Waals surface area contributed by atoms with E-state index >= 15 is 0 Å². The molecule has 0 spiro atoms. The van der Waals surface area contributed by atoms with Crippen LogP contribution in [0.4, 0.5) is 0 Å². The van der Waals surface area contributed by atoms with Crippen LogP contribution in [0.15, 0.2) is 22.7 Å². The van der Waals surface area contributed by atoms with E-state index in [1.165, 1.54) is 0 Å². The first-order valence-electron chi connectivity index (χ1n) is 7.31. The minimum Gasteiger partial charge on any atom is -0.489 e. The van der Waals surface area contributed by atoms with E-state index in [1.807, 2.05) is 0 Å². The van der Waals surface area contributed by atoms with E-state index in [2.05, 4.69) is 10.5 Å². The highest BCUT2D eigenvalue weighted by Crippen LogP contribution is 2.31. The van der Waals surface area contributed by atoms with Gasteiger partial charge >= 0.3 is 0 Å². The molecule has 130 valence electrons. The van der Waals surface area contributed by atoms with Gasteiger partial charge in [0.25, 0.3) is 0 Å². The average molecular weight is 373 g/mol. The predicted octanol–water partition coefficient (Wildman–Crippen LogP) is 2.70. The van der Waals surface area contributed by atoms with Gasteiger partial charge in [-0.3, -0.25) is 4.79 Å². The number of carbonyl (C=O) groups excluding carboxylic acids is 1. The molecule has 0 fully saturated rings. The van der Waals surface area contributed by atoms with Crippen molar-refractivity contribution in [2.75, 3.05) is 13.2 Å². The fourth-order valence-corrected chi connectivity index (χ4v) is 2.40. The summed E-state index contributed by atoms with van der Waals surface area (Å²) >= 11 is 11.9. The molecule has 24 heavy (non-hydrogen) atoms. The normalized spacial score (nSPS) is 12.0. The number of amides is 1. The van der Waals surface area contributed by atoms with E-state index in [0.717, 1.165) is 5.56 Å². The summed E-state index contributed by atoms with van der Waals surface area (Å²) in [7, 11) is 0. The van der Waals surface area contributed by atoms with Crippen LogP contribution in [0.25, 0.3) is 0 Å². The number of carbonyl (C=O) groups is 1. The highest BCUT2D eigenvalue weighted by atomic mass is 35.5. The van der Waals surface area contributed by atoms with Gasteiger partial charge < -0.3 is 19.7 Å². The zero-order valence-electron chi connectivity index (χ0n) is 13.3. The second-order valence-electron chi connectivity index (χ2n) is 5.30. The second kappa shape index (κ2) is 8.37. The Kier molecular flexibility index (Phi) is 6.48. The number of ether oxygens (including phenoxy) is 1. The monoisotopic (exact) mass is 372 g/mol. The fraction of sp³-hybridized carbons (Fsp3) is 0.375. The van der Waals surface area contributed by atoms with Crippen molar-refractivity contribution in [3.63, 3.8) is 0 Å². The molecule has 0 saturated carbocycles. The summed E-state index contributed by atoms with van der Waals surface area (Å²) in [6.07, 6.45) is -0.733. The molecule has 1 atom stereocenters. The Balaban J connectivity index is 1.77. The van der Waals surface area contributed by atoms with Crippen molar-refractivity contribution >= 4 is 29.1 Å². The molecule has 0 aliphatic heterocycles. The molecule has 0 aliphatic carbocycles. The molecule has 6 nitrogen and oxygen atoms in total. The summed E-state index contributed by atoms with van der Waals surface area (Å²) < 4.78 is 10.4. The lowest BCUT2D eigenvalue weighted by molar-refractivity contribution is -0.121. The lowest BCUT2D eigenvalue weighted by Gasteiger charge is -2.14. The molecule has 1 heterocycles. The number of hydrogen-bond acceptors (Lipinski definition) is 5. The van der Waals surface area contributed by atoms with Crippen LogP contribution in [0.1, 0.15) is 17.0 Å². The van der Waals surface area contributed by atoms with Crippen molar-refractivity contribution in [1.82, 2.24) is 10.5 Å². The summed E-state index contributed by atoms with van der Waals surface area (Å²) in [4.78, 5) is 11.9. The SMILES string of the molecule is Cc1noc(C)c1CC(=O)NCC(O)COc1cccc(Cl)c1Cl. The van der Waals surface area contributed by atoms with Gasteiger partial charge in [-0.2, -0.15) is 0 Å². The molecule has 8 heteroatoms. The van der Waals surface area contributed by atoms with Crippen molar-refractivity contribution in [3.8, 4) is 5.75 Å². The van der Waals surface area contributed by atoms with Gasteiger partial charge in [0, 0.05) is 12.1 Å². The Hall–Kier alpha value is -1.76. The Morgan fingerprint density at radius 2 is 2.17 bits per heavy atom. The molecule has 0 aliphatic rings. The van der Waals surface area contributed by atoms with Crippen LogP contribution in [0.3, 0.4) is 0 Å². The van der Waals surface area contributed by atoms with E-state index in [-0.39, 0.29) is 30.5 Å². The van der Waals surface area contributed by atoms with Crippen LogP contribution >= 0.6 is 23.2 Å². The number of rotatable bonds is 7. The zero-order chi connectivity index (χ0) is 17.7. The first-order chi connectivity index (χ1) is 11.4. The molecule has 2 rings (SSSR count). The number of aliphatic hydroxyl groups excluding tert-OH is 1. The Bertz CT molecular complexity index is 699. The van der Waals surface area contributed by atoms with Gasteiger partial charge in [0.05, 0.1) is 17.1 Å². The molecule has 1 aromatic carbocycles. The molecule has 0 radical (unpaired) electrons. The molecular weight excluding hydrogens is 355 g/mol. The predicted molar refractivity (Wildman–Crippen MR) is 90.7 cm³/mol. The van der Waals surface area contributed by atoms with Crippen molar-refractivity contribution in [1.29, 1.82) is 0 Å². The fourth-order valence-electron chi connectivity index (χ4n) is 2.05. The van der Waals surface area contributed by atoms with Gasteiger partial charge in [0.15, 0.2) is 0 Å². The van der Waals surface area contributed by atoms with Gasteiger partial charge in [-0.05, 0) is 26.0 Å². The maximum atomic E-state index is 11.9. The average Bonchev–Trinajstić information content (AvgIpc) is 2.86. The molecule has 0 bridgehead atoms. The Morgan fingerprint density at radius 1 is 1.42 bits per heavy atom. The van der Waals surface area contributed by atoms with Crippen LogP contribution in [0.5, 0.6) is 5.75 Å². The van der Waals surface area contributed by atoms with E-state index < -0.39 is 6.10 Å². The molecule has 2 N–H and O–H groups in total. The van der Waals surface area contributed by atoms with Crippen LogP contribution in [0.2, 0.25) is 10.0 Å². The smallest absolute Gasteiger partial charge is 0.224 e. The molecule has 2 aromatic rings. The largest absolute Gasteiger partial charge is 0.489 e. The highest BCUT2D eigenvalue weighted by Gasteiger charge is 2.15. The number of aromatic nitrogens is 1. The molecule has 1 aromatic heterocycles. The van der Waals surface area contributed by atoms with Crippen LogP contribution in [-0.4, -0.2) is 35.4 Å². The Morgan fingerprint density at radius 3 is 2.83 bits per heavy atom. The van der Waals surface area contributed by atoms with E-state index in [0.29, 0.717) is 22.2 Å². The standard InChI is InChI=1S/C16H18Cl2N2O4/c1-9-12(10(2)24-20-9)6-15(22)19-7-11(21)8-23-14-5-3-4-13(17)16(14)18/h3-5,11,21H,6-8H2,1-2H3,(H,19,22). The third-order valence-electron chi connectivity index (χ3n) is 3.40. The highest BCUT2D eigenvalue weighted by molar-refractivity contribution is 6.42. The molecule has 1 unspecified atom stereocenters. The van der Waals surface area contributed by atoms with E-state index in [9.17, 15) is 9.90 Å². The quantitative estimate of drug-likeness (QED) is 0.780. The second-order valence-corrected chi connectivity index (χ2v) is 6.09. The summed E-state index contributed by atoms with van der Waals surface area (Å²) in [5, 5.41) is 17.0. The number of hydrogen-bond donors (Lipinski definition) is 2. The van der Waals surface area contributed by atoms with Crippen molar-refractivity contribution in [2.45, 2.75) is 26.4 Å². The number of nitrogens with zero attached hydrogens (tertiary/aromatic N) is 1. The van der Waals surface area contributed by atoms with E-state index in [1.54, 1.807) is 32.0 Å². The van der Waals surface area contributed by atoms with Crippen molar-refractivity contribution in [3.05, 3.63) is 45.3 Å². The zero-order valence-corrected chi connectivity index (χ0v) is 14.8. The van der Waals surface area contributed by atoms with E-state index in [4.69, 9.17) is 32.5 Å².